The summed E-state index contributed by atoms with van der Waals surface area (Å²) < 4.78 is 0. The molecular weight excluding hydrogens is 203 g/mol. The Morgan fingerprint density at radius 1 is 1.00 bits per heavy atom. The highest BCUT2D eigenvalue weighted by Crippen LogP contribution is 1.91. The van der Waals surface area contributed by atoms with Crippen LogP contribution in [0.3, 0.4) is 0 Å². The van der Waals surface area contributed by atoms with Crippen molar-refractivity contribution in [3.63, 3.8) is 0 Å². The van der Waals surface area contributed by atoms with Crippen molar-refractivity contribution in [2.24, 2.45) is 0 Å². The molecule has 2 N–H and O–H groups in total. The number of carbonyl (C=O) groups is 1. The van der Waals surface area contributed by atoms with Crippen LogP contribution in [0.25, 0.3) is 0 Å². The molecule has 0 aromatic heterocycles. The fourth-order valence-electron chi connectivity index (χ4n) is 0.532. The third-order valence-electron chi connectivity index (χ3n) is 0.936. The fraction of sp³-hybridized carbons (Fsp3) is 0. The van der Waals surface area contributed by atoms with Crippen molar-refractivity contribution in [3.05, 3.63) is 35.9 Å². The van der Waals surface area contributed by atoms with Crippen molar-refractivity contribution in [1.29, 1.82) is 0 Å². The van der Waals surface area contributed by atoms with Gasteiger partial charge in [-0.15, -0.1) is 24.8 Å². The van der Waals surface area contributed by atoms with Crippen LogP contribution in [0.5, 0.6) is 0 Å². The Morgan fingerprint density at radius 2 is 1.42 bits per heavy atom. The van der Waals surface area contributed by atoms with Crippen molar-refractivity contribution in [2.45, 2.75) is 0 Å². The maximum Gasteiger partial charge on any atom is 0.150 e. The molecule has 1 aromatic rings. The summed E-state index contributed by atoms with van der Waals surface area (Å²) in [4.78, 5) is 10.0. The van der Waals surface area contributed by atoms with Crippen molar-refractivity contribution in [2.75, 3.05) is 0 Å². The molecular formula is C7H10Cl2O3. The average molecular weight is 213 g/mol. The molecule has 0 unspecified atom stereocenters. The van der Waals surface area contributed by atoms with Crippen LogP contribution < -0.4 is 0 Å². The molecule has 0 aliphatic rings. The lowest BCUT2D eigenvalue weighted by molar-refractivity contribution is -0.176. The summed E-state index contributed by atoms with van der Waals surface area (Å²) in [6, 6.07) is 9.10. The lowest BCUT2D eigenvalue weighted by Gasteiger charge is -1.81. The molecule has 0 fully saturated rings. The molecule has 1 aromatic carbocycles. The van der Waals surface area contributed by atoms with E-state index in [9.17, 15) is 4.79 Å². The predicted octanol–water partition coefficient (Wildman–Crippen LogP) is 2.36. The minimum absolute atomic E-state index is 0. The van der Waals surface area contributed by atoms with Gasteiger partial charge in [0.2, 0.25) is 0 Å². The van der Waals surface area contributed by atoms with Crippen LogP contribution in [0.4, 0.5) is 0 Å². The molecule has 0 saturated carbocycles. The van der Waals surface area contributed by atoms with Gasteiger partial charge in [0.15, 0.2) is 0 Å². The molecule has 3 nitrogen and oxygen atoms in total. The molecule has 0 saturated heterocycles. The average Bonchev–Trinajstić information content (AvgIpc) is 2.10. The molecule has 0 amide bonds. The monoisotopic (exact) mass is 212 g/mol. The summed E-state index contributed by atoms with van der Waals surface area (Å²) in [5.74, 6) is 0. The van der Waals surface area contributed by atoms with Crippen LogP contribution in [0.2, 0.25) is 0 Å². The number of rotatable bonds is 1. The Balaban J connectivity index is -0.000000189. The van der Waals surface area contributed by atoms with E-state index in [0.29, 0.717) is 0 Å². The van der Waals surface area contributed by atoms with E-state index in [4.69, 9.17) is 10.5 Å². The van der Waals surface area contributed by atoms with Crippen LogP contribution >= 0.6 is 24.8 Å². The molecule has 0 spiro atoms. The maximum atomic E-state index is 10.0. The van der Waals surface area contributed by atoms with E-state index in [1.165, 1.54) is 0 Å². The van der Waals surface area contributed by atoms with Crippen LogP contribution in [0.15, 0.2) is 30.3 Å². The standard InChI is InChI=1S/C7H6O.2ClH.H2O2/c8-6-7-4-2-1-3-5-7;;;1-2/h1-6H;2*1H;1-2H. The summed E-state index contributed by atoms with van der Waals surface area (Å²) in [5.41, 5.74) is 0.729. The quantitative estimate of drug-likeness (QED) is 0.427. The molecule has 0 radical (unpaired) electrons. The van der Waals surface area contributed by atoms with Crippen LogP contribution in [-0.4, -0.2) is 16.8 Å². The lowest BCUT2D eigenvalue weighted by atomic mass is 10.2. The zero-order chi connectivity index (χ0) is 7.82. The number of benzene rings is 1. The van der Waals surface area contributed by atoms with Gasteiger partial charge >= 0.3 is 0 Å². The van der Waals surface area contributed by atoms with Gasteiger partial charge in [-0.3, -0.25) is 15.3 Å². The van der Waals surface area contributed by atoms with Crippen molar-refractivity contribution in [3.8, 4) is 0 Å². The number of aldehydes is 1. The van der Waals surface area contributed by atoms with Crippen LogP contribution in [0, 0.1) is 0 Å². The van der Waals surface area contributed by atoms with Crippen molar-refractivity contribution >= 4 is 31.1 Å². The number of carbonyl (C=O) groups excluding carboxylic acids is 1. The summed E-state index contributed by atoms with van der Waals surface area (Å²) in [7, 11) is 0. The van der Waals surface area contributed by atoms with Crippen LogP contribution in [-0.2, 0) is 0 Å². The van der Waals surface area contributed by atoms with E-state index in [1.54, 1.807) is 12.1 Å². The Morgan fingerprint density at radius 3 is 1.67 bits per heavy atom. The summed E-state index contributed by atoms with van der Waals surface area (Å²) in [6.45, 7) is 0. The van der Waals surface area contributed by atoms with E-state index in [0.717, 1.165) is 11.8 Å². The highest BCUT2D eigenvalue weighted by atomic mass is 35.5. The molecule has 0 aliphatic carbocycles. The molecule has 0 atom stereocenters. The molecule has 1 rings (SSSR count). The minimum Gasteiger partial charge on any atom is -0.298 e. The smallest absolute Gasteiger partial charge is 0.150 e. The van der Waals surface area contributed by atoms with Gasteiger partial charge in [-0.25, -0.2) is 0 Å². The van der Waals surface area contributed by atoms with Gasteiger partial charge < -0.3 is 0 Å². The highest BCUT2D eigenvalue weighted by Gasteiger charge is 1.79. The predicted molar refractivity (Wildman–Crippen MR) is 51.6 cm³/mol. The van der Waals surface area contributed by atoms with E-state index in [1.807, 2.05) is 18.2 Å². The molecule has 0 aliphatic heterocycles. The van der Waals surface area contributed by atoms with Crippen molar-refractivity contribution in [1.82, 2.24) is 0 Å². The lowest BCUT2D eigenvalue weighted by Crippen LogP contribution is -1.73. The zero-order valence-electron chi connectivity index (χ0n) is 6.08. The highest BCUT2D eigenvalue weighted by molar-refractivity contribution is 5.85. The first-order chi connectivity index (χ1) is 4.93. The third-order valence-corrected chi connectivity index (χ3v) is 0.936. The molecule has 5 heteroatoms. The van der Waals surface area contributed by atoms with E-state index in [2.05, 4.69) is 0 Å². The SMILES string of the molecule is Cl.Cl.O=Cc1ccccc1.OO. The molecule has 70 valence electrons. The summed E-state index contributed by atoms with van der Waals surface area (Å²) in [5, 5.41) is 12.0. The Bertz CT molecular complexity index is 179. The Kier molecular flexibility index (Phi) is 18.9. The van der Waals surface area contributed by atoms with Gasteiger partial charge in [0.05, 0.1) is 0 Å². The van der Waals surface area contributed by atoms with Gasteiger partial charge in [0.1, 0.15) is 6.29 Å². The number of halogens is 2. The Hall–Kier alpha value is -0.610. The maximum absolute atomic E-state index is 10.0. The van der Waals surface area contributed by atoms with E-state index in [-0.39, 0.29) is 24.8 Å². The largest absolute Gasteiger partial charge is 0.298 e. The zero-order valence-corrected chi connectivity index (χ0v) is 7.72. The third kappa shape index (κ3) is 7.50. The van der Waals surface area contributed by atoms with Crippen molar-refractivity contribution < 1.29 is 15.3 Å². The minimum atomic E-state index is 0. The topological polar surface area (TPSA) is 57.5 Å². The van der Waals surface area contributed by atoms with Gasteiger partial charge in [0.25, 0.3) is 0 Å². The van der Waals surface area contributed by atoms with E-state index < -0.39 is 0 Å². The summed E-state index contributed by atoms with van der Waals surface area (Å²) in [6.07, 6.45) is 0.833. The van der Waals surface area contributed by atoms with Gasteiger partial charge in [-0.05, 0) is 0 Å². The first kappa shape index (κ1) is 17.5. The second kappa shape index (κ2) is 13.0. The molecule has 12 heavy (non-hydrogen) atoms. The second-order valence-corrected chi connectivity index (χ2v) is 1.53. The van der Waals surface area contributed by atoms with Gasteiger partial charge in [-0.2, -0.15) is 0 Å². The first-order valence-corrected chi connectivity index (χ1v) is 2.64. The summed E-state index contributed by atoms with van der Waals surface area (Å²) >= 11 is 0. The van der Waals surface area contributed by atoms with E-state index >= 15 is 0 Å². The molecule has 0 bridgehead atoms. The first-order valence-electron chi connectivity index (χ1n) is 2.64. The number of hydrogen-bond acceptors (Lipinski definition) is 3. The van der Waals surface area contributed by atoms with Gasteiger partial charge in [-0.1, -0.05) is 30.3 Å². The fourth-order valence-corrected chi connectivity index (χ4v) is 0.532. The molecule has 0 heterocycles. The normalized spacial score (nSPS) is 6.17. The van der Waals surface area contributed by atoms with Crippen LogP contribution in [0.1, 0.15) is 10.4 Å². The Labute approximate surface area is 82.8 Å². The van der Waals surface area contributed by atoms with Gasteiger partial charge in [0, 0.05) is 5.56 Å². The second-order valence-electron chi connectivity index (χ2n) is 1.53. The number of hydrogen-bond donors (Lipinski definition) is 2.